The van der Waals surface area contributed by atoms with Gasteiger partial charge in [-0.3, -0.25) is 0 Å². The van der Waals surface area contributed by atoms with E-state index in [2.05, 4.69) is 194 Å². The number of benzene rings is 10. The van der Waals surface area contributed by atoms with Gasteiger partial charge in [0.25, 0.3) is 0 Å². The van der Waals surface area contributed by atoms with Crippen LogP contribution in [0.2, 0.25) is 0 Å². The summed E-state index contributed by atoms with van der Waals surface area (Å²) in [6, 6.07) is 71.2. The van der Waals surface area contributed by atoms with Crippen molar-refractivity contribution in [3.8, 4) is 44.5 Å². The van der Waals surface area contributed by atoms with Crippen molar-refractivity contribution in [2.75, 3.05) is 0 Å². The molecule has 10 aromatic rings. The van der Waals surface area contributed by atoms with E-state index in [0.29, 0.717) is 0 Å². The second-order valence-electron chi connectivity index (χ2n) is 13.1. The zero-order valence-electron chi connectivity index (χ0n) is 27.5. The Kier molecular flexibility index (Phi) is 6.60. The van der Waals surface area contributed by atoms with Crippen LogP contribution >= 0.6 is 0 Å². The quantitative estimate of drug-likeness (QED) is 0.134. The van der Waals surface area contributed by atoms with Gasteiger partial charge in [-0.25, -0.2) is 0 Å². The third-order valence-corrected chi connectivity index (χ3v) is 10.5. The van der Waals surface area contributed by atoms with Crippen molar-refractivity contribution in [1.82, 2.24) is 0 Å². The molecule has 0 radical (unpaired) electrons. The minimum atomic E-state index is 1.23. The number of rotatable bonds is 4. The summed E-state index contributed by atoms with van der Waals surface area (Å²) in [7, 11) is 0. The normalized spacial score (nSPS) is 11.6. The first-order valence-electron chi connectivity index (χ1n) is 17.4. The molecule has 0 amide bonds. The van der Waals surface area contributed by atoms with Crippen LogP contribution < -0.4 is 0 Å². The highest BCUT2D eigenvalue weighted by atomic mass is 14.2. The molecule has 0 fully saturated rings. The predicted molar refractivity (Wildman–Crippen MR) is 216 cm³/mol. The molecule has 0 N–H and O–H groups in total. The molecule has 0 aromatic heterocycles. The third kappa shape index (κ3) is 4.39. The summed E-state index contributed by atoms with van der Waals surface area (Å²) in [5.74, 6) is 0. The van der Waals surface area contributed by atoms with Crippen LogP contribution in [0, 0.1) is 0 Å². The largest absolute Gasteiger partial charge is 0.0622 e. The van der Waals surface area contributed by atoms with E-state index in [9.17, 15) is 0 Å². The Hall–Kier alpha value is -6.50. The first-order valence-corrected chi connectivity index (χ1v) is 17.4. The molecule has 0 spiro atoms. The molecule has 0 aliphatic heterocycles. The first kappa shape index (κ1) is 28.5. The van der Waals surface area contributed by atoms with Crippen LogP contribution in [-0.2, 0) is 0 Å². The standard InChI is InChI=1S/C50H32/c1-2-15-33(16-3-1)36-19-6-7-21-38(36)41-31-32-46(40-23-9-8-22-39(40)41)49-42-24-10-12-26-44(42)50(45-27-13-11-25-43(45)49)47-28-14-18-35-30-29-34-17-4-5-20-37(34)48(35)47/h1-32H. The van der Waals surface area contributed by atoms with E-state index in [0.717, 1.165) is 0 Å². The Morgan fingerprint density at radius 3 is 1.32 bits per heavy atom. The van der Waals surface area contributed by atoms with Crippen LogP contribution in [0.1, 0.15) is 0 Å². The lowest BCUT2D eigenvalue weighted by Gasteiger charge is -2.21. The summed E-state index contributed by atoms with van der Waals surface area (Å²) >= 11 is 0. The van der Waals surface area contributed by atoms with Gasteiger partial charge in [0, 0.05) is 0 Å². The lowest BCUT2D eigenvalue weighted by molar-refractivity contribution is 1.60. The van der Waals surface area contributed by atoms with Crippen molar-refractivity contribution < 1.29 is 0 Å². The van der Waals surface area contributed by atoms with Gasteiger partial charge in [-0.15, -0.1) is 0 Å². The Morgan fingerprint density at radius 1 is 0.200 bits per heavy atom. The fourth-order valence-corrected chi connectivity index (χ4v) is 8.32. The van der Waals surface area contributed by atoms with Gasteiger partial charge in [-0.05, 0) is 98.4 Å². The molecule has 0 saturated carbocycles. The van der Waals surface area contributed by atoms with Crippen LogP contribution in [0.3, 0.4) is 0 Å². The maximum Gasteiger partial charge on any atom is -0.00199 e. The highest BCUT2D eigenvalue weighted by molar-refractivity contribution is 6.27. The van der Waals surface area contributed by atoms with Crippen molar-refractivity contribution in [1.29, 1.82) is 0 Å². The number of fused-ring (bicyclic) bond motifs is 6. The van der Waals surface area contributed by atoms with Gasteiger partial charge >= 0.3 is 0 Å². The minimum Gasteiger partial charge on any atom is -0.0622 e. The van der Waals surface area contributed by atoms with Crippen LogP contribution in [0.5, 0.6) is 0 Å². The van der Waals surface area contributed by atoms with E-state index < -0.39 is 0 Å². The van der Waals surface area contributed by atoms with Gasteiger partial charge in [0.1, 0.15) is 0 Å². The van der Waals surface area contributed by atoms with E-state index in [1.54, 1.807) is 0 Å². The number of hydrogen-bond acceptors (Lipinski definition) is 0. The molecule has 0 bridgehead atoms. The molecule has 0 nitrogen and oxygen atoms in total. The lowest BCUT2D eigenvalue weighted by atomic mass is 9.82. The van der Waals surface area contributed by atoms with Gasteiger partial charge in [0.2, 0.25) is 0 Å². The van der Waals surface area contributed by atoms with Crippen LogP contribution in [0.25, 0.3) is 98.4 Å². The smallest absolute Gasteiger partial charge is 0.00199 e. The van der Waals surface area contributed by atoms with Crippen molar-refractivity contribution in [2.24, 2.45) is 0 Å². The summed E-state index contributed by atoms with van der Waals surface area (Å²) < 4.78 is 0. The molecule has 0 heteroatoms. The van der Waals surface area contributed by atoms with Gasteiger partial charge in [0.05, 0.1) is 0 Å². The molecular weight excluding hydrogens is 601 g/mol. The molecule has 0 unspecified atom stereocenters. The highest BCUT2D eigenvalue weighted by Crippen LogP contribution is 2.48. The zero-order valence-corrected chi connectivity index (χ0v) is 27.5. The molecule has 0 saturated heterocycles. The SMILES string of the molecule is c1ccc(-c2ccccc2-c2ccc(-c3c4ccccc4c(-c4cccc5ccc6ccccc6c45)c4ccccc34)c3ccccc23)cc1. The summed E-state index contributed by atoms with van der Waals surface area (Å²) in [6.45, 7) is 0. The molecule has 50 heavy (non-hydrogen) atoms. The summed E-state index contributed by atoms with van der Waals surface area (Å²) in [5.41, 5.74) is 10.1. The first-order chi connectivity index (χ1) is 24.8. The van der Waals surface area contributed by atoms with E-state index in [1.165, 1.54) is 98.4 Å². The molecular formula is C50H32. The van der Waals surface area contributed by atoms with Crippen molar-refractivity contribution in [2.45, 2.75) is 0 Å². The highest BCUT2D eigenvalue weighted by Gasteiger charge is 2.21. The maximum atomic E-state index is 2.36. The van der Waals surface area contributed by atoms with E-state index in [1.807, 2.05) is 0 Å². The summed E-state index contributed by atoms with van der Waals surface area (Å²) in [5, 5.41) is 12.7. The van der Waals surface area contributed by atoms with Crippen LogP contribution in [0.15, 0.2) is 194 Å². The fraction of sp³-hybridized carbons (Fsp3) is 0. The number of hydrogen-bond donors (Lipinski definition) is 0. The van der Waals surface area contributed by atoms with Gasteiger partial charge < -0.3 is 0 Å². The van der Waals surface area contributed by atoms with Crippen molar-refractivity contribution >= 4 is 53.9 Å². The second-order valence-corrected chi connectivity index (χ2v) is 13.1. The monoisotopic (exact) mass is 632 g/mol. The molecule has 0 heterocycles. The van der Waals surface area contributed by atoms with E-state index >= 15 is 0 Å². The Labute approximate surface area is 291 Å². The maximum absolute atomic E-state index is 2.36. The van der Waals surface area contributed by atoms with Crippen LogP contribution in [0.4, 0.5) is 0 Å². The van der Waals surface area contributed by atoms with Gasteiger partial charge in [0.15, 0.2) is 0 Å². The second kappa shape index (κ2) is 11.6. The molecule has 0 atom stereocenters. The Bertz CT molecular complexity index is 2860. The molecule has 10 rings (SSSR count). The average molecular weight is 633 g/mol. The minimum absolute atomic E-state index is 1.23. The topological polar surface area (TPSA) is 0 Å². The summed E-state index contributed by atoms with van der Waals surface area (Å²) in [6.07, 6.45) is 0. The molecule has 10 aromatic carbocycles. The zero-order chi connectivity index (χ0) is 33.0. The lowest BCUT2D eigenvalue weighted by Crippen LogP contribution is -1.93. The molecule has 232 valence electrons. The van der Waals surface area contributed by atoms with E-state index in [4.69, 9.17) is 0 Å². The van der Waals surface area contributed by atoms with Crippen molar-refractivity contribution in [3.63, 3.8) is 0 Å². The summed E-state index contributed by atoms with van der Waals surface area (Å²) in [4.78, 5) is 0. The fourth-order valence-electron chi connectivity index (χ4n) is 8.32. The average Bonchev–Trinajstić information content (AvgIpc) is 3.20. The van der Waals surface area contributed by atoms with E-state index in [-0.39, 0.29) is 0 Å². The molecule has 0 aliphatic carbocycles. The van der Waals surface area contributed by atoms with Crippen LogP contribution in [-0.4, -0.2) is 0 Å². The van der Waals surface area contributed by atoms with Gasteiger partial charge in [-0.1, -0.05) is 194 Å². The van der Waals surface area contributed by atoms with Crippen molar-refractivity contribution in [3.05, 3.63) is 194 Å². The predicted octanol–water partition coefficient (Wildman–Crippen LogP) is 14.1. The van der Waals surface area contributed by atoms with Gasteiger partial charge in [-0.2, -0.15) is 0 Å². The Morgan fingerprint density at radius 2 is 0.640 bits per heavy atom. The Balaban J connectivity index is 1.29. The molecule has 0 aliphatic rings. The third-order valence-electron chi connectivity index (χ3n) is 10.5.